The Labute approximate surface area is 172 Å². The molecule has 0 heterocycles. The molecule has 3 rings (SSSR count). The van der Waals surface area contributed by atoms with E-state index in [1.807, 2.05) is 19.1 Å². The van der Waals surface area contributed by atoms with Gasteiger partial charge >= 0.3 is 6.18 Å². The zero-order chi connectivity index (χ0) is 20.9. The van der Waals surface area contributed by atoms with Gasteiger partial charge < -0.3 is 0 Å². The molecule has 0 bridgehead atoms. The van der Waals surface area contributed by atoms with Crippen molar-refractivity contribution in [1.82, 2.24) is 0 Å². The van der Waals surface area contributed by atoms with E-state index >= 15 is 0 Å². The minimum atomic E-state index is -4.29. The van der Waals surface area contributed by atoms with E-state index in [9.17, 15) is 13.2 Å². The predicted octanol–water partition coefficient (Wildman–Crippen LogP) is 8.51. The van der Waals surface area contributed by atoms with Crippen molar-refractivity contribution in [2.45, 2.75) is 57.5 Å². The van der Waals surface area contributed by atoms with Gasteiger partial charge in [-0.05, 0) is 91.7 Å². The minimum Gasteiger partial charge on any atom is -0.166 e. The molecule has 3 heteroatoms. The van der Waals surface area contributed by atoms with Crippen molar-refractivity contribution in [2.75, 3.05) is 0 Å². The third kappa shape index (κ3) is 5.85. The number of halogens is 3. The third-order valence-corrected chi connectivity index (χ3v) is 6.08. The van der Waals surface area contributed by atoms with Gasteiger partial charge in [-0.15, -0.1) is 6.58 Å². The summed E-state index contributed by atoms with van der Waals surface area (Å²) < 4.78 is 38.1. The summed E-state index contributed by atoms with van der Waals surface area (Å²) in [4.78, 5) is 0. The molecule has 0 spiro atoms. The molecule has 1 aliphatic rings. The van der Waals surface area contributed by atoms with E-state index in [-0.39, 0.29) is 0 Å². The molecule has 0 aromatic heterocycles. The maximum atomic E-state index is 12.7. The lowest BCUT2D eigenvalue weighted by Gasteiger charge is -2.28. The normalized spacial score (nSPS) is 20.5. The van der Waals surface area contributed by atoms with Gasteiger partial charge in [0.1, 0.15) is 0 Å². The lowest BCUT2D eigenvalue weighted by molar-refractivity contribution is -0.137. The lowest BCUT2D eigenvalue weighted by Crippen LogP contribution is -2.13. The summed E-state index contributed by atoms with van der Waals surface area (Å²) in [6, 6.07) is 14.0. The summed E-state index contributed by atoms with van der Waals surface area (Å²) >= 11 is 0. The van der Waals surface area contributed by atoms with E-state index in [1.54, 1.807) is 0 Å². The predicted molar refractivity (Wildman–Crippen MR) is 116 cm³/mol. The Bertz CT molecular complexity index is 818. The zero-order valence-corrected chi connectivity index (χ0v) is 17.0. The van der Waals surface area contributed by atoms with Gasteiger partial charge in [0.2, 0.25) is 0 Å². The fraction of sp³-hybridized carbons (Fsp3) is 0.385. The van der Waals surface area contributed by atoms with Crippen LogP contribution in [0.5, 0.6) is 0 Å². The molecule has 154 valence electrons. The fourth-order valence-electron chi connectivity index (χ4n) is 4.26. The Kier molecular flexibility index (Phi) is 7.00. The molecule has 1 saturated carbocycles. The Morgan fingerprint density at radius 2 is 1.59 bits per heavy atom. The van der Waals surface area contributed by atoms with Gasteiger partial charge in [-0.2, -0.15) is 13.2 Å². The van der Waals surface area contributed by atoms with E-state index in [4.69, 9.17) is 0 Å². The molecule has 0 amide bonds. The van der Waals surface area contributed by atoms with Crippen molar-refractivity contribution in [2.24, 2.45) is 5.92 Å². The van der Waals surface area contributed by atoms with Crippen LogP contribution in [0, 0.1) is 5.92 Å². The number of hydrogen-bond acceptors (Lipinski definition) is 0. The number of hydrogen-bond donors (Lipinski definition) is 0. The van der Waals surface area contributed by atoms with E-state index in [2.05, 4.69) is 30.8 Å². The van der Waals surface area contributed by atoms with Crippen LogP contribution in [0.15, 0.2) is 61.2 Å². The summed E-state index contributed by atoms with van der Waals surface area (Å²) in [6.07, 6.45) is 7.24. The molecular weight excluding hydrogens is 369 g/mol. The number of benzene rings is 2. The highest BCUT2D eigenvalue weighted by molar-refractivity contribution is 5.80. The topological polar surface area (TPSA) is 0 Å². The molecule has 0 aliphatic heterocycles. The number of alkyl halides is 3. The van der Waals surface area contributed by atoms with Crippen molar-refractivity contribution in [3.63, 3.8) is 0 Å². The van der Waals surface area contributed by atoms with Gasteiger partial charge in [-0.25, -0.2) is 0 Å². The molecule has 0 N–H and O–H groups in total. The summed E-state index contributed by atoms with van der Waals surface area (Å²) in [6.45, 7) is 5.75. The second-order valence-electron chi connectivity index (χ2n) is 8.15. The second kappa shape index (κ2) is 9.47. The van der Waals surface area contributed by atoms with E-state index < -0.39 is 11.7 Å². The number of allylic oxidation sites excluding steroid dienone is 2. The Morgan fingerprint density at radius 3 is 2.14 bits per heavy atom. The summed E-state index contributed by atoms with van der Waals surface area (Å²) in [7, 11) is 0. The van der Waals surface area contributed by atoms with Crippen LogP contribution in [0.25, 0.3) is 11.6 Å². The summed E-state index contributed by atoms with van der Waals surface area (Å²) in [5.74, 6) is 1.49. The first-order valence-corrected chi connectivity index (χ1v) is 10.4. The monoisotopic (exact) mass is 398 g/mol. The molecule has 0 unspecified atom stereocenters. The van der Waals surface area contributed by atoms with E-state index in [1.165, 1.54) is 49.8 Å². The number of rotatable bonds is 6. The van der Waals surface area contributed by atoms with Crippen LogP contribution in [0.4, 0.5) is 13.2 Å². The largest absolute Gasteiger partial charge is 0.416 e. The first-order valence-electron chi connectivity index (χ1n) is 10.4. The maximum absolute atomic E-state index is 12.7. The SMILES string of the molecule is C=CCCC1CCC(c2ccc(C=C(C)c3ccc(C(F)(F)F)cc3)cc2)CC1. The molecule has 0 radical (unpaired) electrons. The first kappa shape index (κ1) is 21.4. The summed E-state index contributed by atoms with van der Waals surface area (Å²) in [5.41, 5.74) is 3.62. The maximum Gasteiger partial charge on any atom is 0.416 e. The Hall–Kier alpha value is -2.29. The molecule has 2 aromatic rings. The molecule has 0 atom stereocenters. The minimum absolute atomic E-state index is 0.613. The van der Waals surface area contributed by atoms with Crippen LogP contribution in [-0.2, 0) is 6.18 Å². The molecule has 29 heavy (non-hydrogen) atoms. The second-order valence-corrected chi connectivity index (χ2v) is 8.15. The standard InChI is InChI=1S/C26H29F3/c1-3-4-5-20-6-10-23(11-7-20)24-12-8-21(9-13-24)18-19(2)22-14-16-25(17-15-22)26(27,28)29/h3,8-9,12-18,20,23H,1,4-7,10-11H2,2H3. The van der Waals surface area contributed by atoms with Crippen molar-refractivity contribution >= 4 is 11.6 Å². The molecule has 0 nitrogen and oxygen atoms in total. The zero-order valence-electron chi connectivity index (χ0n) is 17.0. The van der Waals surface area contributed by atoms with Gasteiger partial charge in [0.15, 0.2) is 0 Å². The van der Waals surface area contributed by atoms with Gasteiger partial charge in [-0.3, -0.25) is 0 Å². The third-order valence-electron chi connectivity index (χ3n) is 6.08. The van der Waals surface area contributed by atoms with E-state index in [0.717, 1.165) is 41.2 Å². The Balaban J connectivity index is 1.62. The first-order chi connectivity index (χ1) is 13.9. The van der Waals surface area contributed by atoms with Crippen molar-refractivity contribution < 1.29 is 13.2 Å². The smallest absolute Gasteiger partial charge is 0.166 e. The van der Waals surface area contributed by atoms with Crippen molar-refractivity contribution in [3.8, 4) is 0 Å². The average molecular weight is 399 g/mol. The van der Waals surface area contributed by atoms with Crippen LogP contribution in [0.1, 0.15) is 73.6 Å². The molecule has 2 aromatic carbocycles. The van der Waals surface area contributed by atoms with Gasteiger partial charge in [-0.1, -0.05) is 48.6 Å². The van der Waals surface area contributed by atoms with E-state index in [0.29, 0.717) is 5.92 Å². The van der Waals surface area contributed by atoms with Crippen LogP contribution < -0.4 is 0 Å². The van der Waals surface area contributed by atoms with Gasteiger partial charge in [0.25, 0.3) is 0 Å². The lowest BCUT2D eigenvalue weighted by atomic mass is 9.77. The fourth-order valence-corrected chi connectivity index (χ4v) is 4.26. The summed E-state index contributed by atoms with van der Waals surface area (Å²) in [5, 5.41) is 0. The quantitative estimate of drug-likeness (QED) is 0.338. The van der Waals surface area contributed by atoms with Crippen LogP contribution in [0.2, 0.25) is 0 Å². The molecular formula is C26H29F3. The van der Waals surface area contributed by atoms with Crippen LogP contribution >= 0.6 is 0 Å². The highest BCUT2D eigenvalue weighted by atomic mass is 19.4. The molecule has 0 saturated heterocycles. The van der Waals surface area contributed by atoms with Crippen LogP contribution in [0.3, 0.4) is 0 Å². The van der Waals surface area contributed by atoms with Crippen molar-refractivity contribution in [3.05, 3.63) is 83.4 Å². The Morgan fingerprint density at radius 1 is 0.966 bits per heavy atom. The average Bonchev–Trinajstić information content (AvgIpc) is 2.73. The van der Waals surface area contributed by atoms with Gasteiger partial charge in [0, 0.05) is 0 Å². The van der Waals surface area contributed by atoms with Crippen molar-refractivity contribution in [1.29, 1.82) is 0 Å². The van der Waals surface area contributed by atoms with Gasteiger partial charge in [0.05, 0.1) is 5.56 Å². The highest BCUT2D eigenvalue weighted by Crippen LogP contribution is 2.37. The molecule has 1 aliphatic carbocycles. The highest BCUT2D eigenvalue weighted by Gasteiger charge is 2.30. The van der Waals surface area contributed by atoms with Crippen LogP contribution in [-0.4, -0.2) is 0 Å². The molecule has 1 fully saturated rings.